The molecular formula is C21H24N2O. The van der Waals surface area contributed by atoms with Gasteiger partial charge < -0.3 is 16.6 Å². The third kappa shape index (κ3) is 3.82. The second kappa shape index (κ2) is 7.58. The maximum absolute atomic E-state index is 10.5. The molecule has 0 amide bonds. The van der Waals surface area contributed by atoms with E-state index >= 15 is 0 Å². The average molecular weight is 320 g/mol. The molecule has 0 saturated heterocycles. The van der Waals surface area contributed by atoms with Crippen molar-refractivity contribution in [3.05, 3.63) is 83.9 Å². The molecule has 0 heterocycles. The summed E-state index contributed by atoms with van der Waals surface area (Å²) < 4.78 is 0. The molecule has 0 spiro atoms. The third-order valence-electron chi connectivity index (χ3n) is 4.53. The van der Waals surface area contributed by atoms with E-state index in [-0.39, 0.29) is 6.04 Å². The van der Waals surface area contributed by atoms with Crippen LogP contribution in [0.4, 0.5) is 0 Å². The lowest BCUT2D eigenvalue weighted by atomic mass is 9.92. The molecule has 0 unspecified atom stereocenters. The van der Waals surface area contributed by atoms with Crippen LogP contribution in [0.25, 0.3) is 10.8 Å². The molecule has 0 aromatic heterocycles. The molecule has 0 aliphatic carbocycles. The number of hydrogen-bond acceptors (Lipinski definition) is 3. The zero-order chi connectivity index (χ0) is 16.9. The lowest BCUT2D eigenvalue weighted by Crippen LogP contribution is -2.49. The van der Waals surface area contributed by atoms with E-state index in [1.807, 2.05) is 48.5 Å². The van der Waals surface area contributed by atoms with Crippen LogP contribution < -0.4 is 11.5 Å². The monoisotopic (exact) mass is 320 g/mol. The Kier molecular flexibility index (Phi) is 5.26. The number of aliphatic hydroxyl groups excluding tert-OH is 1. The van der Waals surface area contributed by atoms with Gasteiger partial charge in [-0.1, -0.05) is 72.8 Å². The van der Waals surface area contributed by atoms with Gasteiger partial charge in [0.1, 0.15) is 0 Å². The molecule has 3 nitrogen and oxygen atoms in total. The largest absolute Gasteiger partial charge is 0.390 e. The van der Waals surface area contributed by atoms with Gasteiger partial charge in [0.2, 0.25) is 0 Å². The normalized spacial score (nSPS) is 15.1. The van der Waals surface area contributed by atoms with Crippen LogP contribution in [0, 0.1) is 0 Å². The van der Waals surface area contributed by atoms with E-state index in [0.717, 1.165) is 11.1 Å². The second-order valence-electron chi connectivity index (χ2n) is 6.35. The van der Waals surface area contributed by atoms with Crippen LogP contribution in [0.3, 0.4) is 0 Å². The van der Waals surface area contributed by atoms with E-state index in [4.69, 9.17) is 11.5 Å². The molecule has 24 heavy (non-hydrogen) atoms. The molecule has 0 radical (unpaired) electrons. The van der Waals surface area contributed by atoms with Crippen molar-refractivity contribution in [2.75, 3.05) is 0 Å². The zero-order valence-corrected chi connectivity index (χ0v) is 13.7. The number of fused-ring (bicyclic) bond motifs is 1. The van der Waals surface area contributed by atoms with Crippen molar-refractivity contribution in [1.29, 1.82) is 0 Å². The Labute approximate surface area is 142 Å². The van der Waals surface area contributed by atoms with Crippen molar-refractivity contribution in [3.63, 3.8) is 0 Å². The number of aliphatic hydroxyl groups is 1. The van der Waals surface area contributed by atoms with Gasteiger partial charge in [-0.25, -0.2) is 0 Å². The highest BCUT2D eigenvalue weighted by atomic mass is 16.3. The molecule has 0 fully saturated rings. The summed E-state index contributed by atoms with van der Waals surface area (Å²) in [5.41, 5.74) is 14.7. The smallest absolute Gasteiger partial charge is 0.0848 e. The number of benzene rings is 3. The zero-order valence-electron chi connectivity index (χ0n) is 13.7. The van der Waals surface area contributed by atoms with Crippen LogP contribution >= 0.6 is 0 Å². The molecule has 124 valence electrons. The predicted octanol–water partition coefficient (Wildman–Crippen LogP) is 2.64. The Bertz CT molecular complexity index is 783. The van der Waals surface area contributed by atoms with Gasteiger partial charge in [0.05, 0.1) is 6.10 Å². The Morgan fingerprint density at radius 1 is 0.708 bits per heavy atom. The highest BCUT2D eigenvalue weighted by molar-refractivity contribution is 5.85. The summed E-state index contributed by atoms with van der Waals surface area (Å²) in [7, 11) is 0. The Morgan fingerprint density at radius 2 is 1.33 bits per heavy atom. The van der Waals surface area contributed by atoms with Crippen molar-refractivity contribution >= 4 is 10.8 Å². The van der Waals surface area contributed by atoms with E-state index in [9.17, 15) is 5.11 Å². The fourth-order valence-electron chi connectivity index (χ4n) is 3.17. The number of rotatable bonds is 6. The van der Waals surface area contributed by atoms with Gasteiger partial charge in [0, 0.05) is 12.1 Å². The first-order valence-electron chi connectivity index (χ1n) is 8.35. The molecule has 0 aliphatic rings. The Morgan fingerprint density at radius 3 is 2.12 bits per heavy atom. The predicted molar refractivity (Wildman–Crippen MR) is 99.8 cm³/mol. The Hall–Kier alpha value is -2.20. The van der Waals surface area contributed by atoms with Gasteiger partial charge in [-0.2, -0.15) is 0 Å². The first kappa shape index (κ1) is 16.7. The van der Waals surface area contributed by atoms with Crippen molar-refractivity contribution in [2.24, 2.45) is 11.5 Å². The lowest BCUT2D eigenvalue weighted by molar-refractivity contribution is 0.116. The van der Waals surface area contributed by atoms with Crippen molar-refractivity contribution < 1.29 is 5.11 Å². The highest BCUT2D eigenvalue weighted by Gasteiger charge is 2.23. The SMILES string of the molecule is N[C@H](Cc1ccccc1)[C@H](O)[C@H](N)Cc1cccc2ccccc12. The van der Waals surface area contributed by atoms with Crippen LogP contribution in [0.1, 0.15) is 11.1 Å². The van der Waals surface area contributed by atoms with Crippen LogP contribution in [-0.4, -0.2) is 23.3 Å². The fraction of sp³-hybridized carbons (Fsp3) is 0.238. The summed E-state index contributed by atoms with van der Waals surface area (Å²) in [5, 5.41) is 12.9. The van der Waals surface area contributed by atoms with Crippen LogP contribution in [0.2, 0.25) is 0 Å². The van der Waals surface area contributed by atoms with Gasteiger partial charge in [0.25, 0.3) is 0 Å². The van der Waals surface area contributed by atoms with E-state index in [2.05, 4.69) is 24.3 Å². The minimum Gasteiger partial charge on any atom is -0.390 e. The summed E-state index contributed by atoms with van der Waals surface area (Å²) >= 11 is 0. The van der Waals surface area contributed by atoms with Crippen LogP contribution in [-0.2, 0) is 12.8 Å². The summed E-state index contributed by atoms with van der Waals surface area (Å²) in [6.45, 7) is 0. The Balaban J connectivity index is 1.70. The van der Waals surface area contributed by atoms with E-state index in [0.29, 0.717) is 12.8 Å². The molecule has 3 aromatic rings. The minimum atomic E-state index is -0.746. The van der Waals surface area contributed by atoms with Crippen molar-refractivity contribution in [2.45, 2.75) is 31.0 Å². The lowest BCUT2D eigenvalue weighted by Gasteiger charge is -2.25. The molecule has 3 rings (SSSR count). The number of hydrogen-bond donors (Lipinski definition) is 3. The summed E-state index contributed by atoms with van der Waals surface area (Å²) in [4.78, 5) is 0. The fourth-order valence-corrected chi connectivity index (χ4v) is 3.17. The van der Waals surface area contributed by atoms with Gasteiger partial charge in [0.15, 0.2) is 0 Å². The molecule has 3 atom stereocenters. The van der Waals surface area contributed by atoms with E-state index in [1.165, 1.54) is 10.8 Å². The van der Waals surface area contributed by atoms with Crippen LogP contribution in [0.5, 0.6) is 0 Å². The van der Waals surface area contributed by atoms with Gasteiger partial charge in [-0.05, 0) is 34.7 Å². The molecular weight excluding hydrogens is 296 g/mol. The topological polar surface area (TPSA) is 72.3 Å². The molecule has 0 saturated carbocycles. The van der Waals surface area contributed by atoms with E-state index in [1.54, 1.807) is 0 Å². The quantitative estimate of drug-likeness (QED) is 0.654. The average Bonchev–Trinajstić information content (AvgIpc) is 2.62. The van der Waals surface area contributed by atoms with E-state index < -0.39 is 12.1 Å². The van der Waals surface area contributed by atoms with Gasteiger partial charge in [-0.3, -0.25) is 0 Å². The molecule has 0 bridgehead atoms. The molecule has 3 heteroatoms. The molecule has 3 aromatic carbocycles. The molecule has 0 aliphatic heterocycles. The second-order valence-corrected chi connectivity index (χ2v) is 6.35. The first-order chi connectivity index (χ1) is 11.6. The highest BCUT2D eigenvalue weighted by Crippen LogP contribution is 2.20. The van der Waals surface area contributed by atoms with Crippen molar-refractivity contribution in [1.82, 2.24) is 0 Å². The molecule has 5 N–H and O–H groups in total. The maximum atomic E-state index is 10.5. The maximum Gasteiger partial charge on any atom is 0.0848 e. The van der Waals surface area contributed by atoms with Gasteiger partial charge in [-0.15, -0.1) is 0 Å². The van der Waals surface area contributed by atoms with Crippen LogP contribution in [0.15, 0.2) is 72.8 Å². The minimum absolute atomic E-state index is 0.377. The summed E-state index contributed by atoms with van der Waals surface area (Å²) in [6.07, 6.45) is 0.472. The van der Waals surface area contributed by atoms with Crippen molar-refractivity contribution in [3.8, 4) is 0 Å². The summed E-state index contributed by atoms with van der Waals surface area (Å²) in [5.74, 6) is 0. The standard InChI is InChI=1S/C21H24N2O/c22-19(13-15-7-2-1-3-8-15)21(24)20(23)14-17-11-6-10-16-9-4-5-12-18(16)17/h1-12,19-21,24H,13-14,22-23H2/t19-,20-,21+/m1/s1. The first-order valence-corrected chi connectivity index (χ1v) is 8.35. The summed E-state index contributed by atoms with van der Waals surface area (Å²) in [6, 6.07) is 23.6. The van der Waals surface area contributed by atoms with Gasteiger partial charge >= 0.3 is 0 Å². The number of nitrogens with two attached hydrogens (primary N) is 2. The third-order valence-corrected chi connectivity index (χ3v) is 4.53.